The molecule has 0 saturated carbocycles. The molecular weight excluding hydrogens is 208 g/mol. The van der Waals surface area contributed by atoms with Gasteiger partial charge in [0.25, 0.3) is 0 Å². The summed E-state index contributed by atoms with van der Waals surface area (Å²) in [6.07, 6.45) is 12.2. The van der Waals surface area contributed by atoms with E-state index in [1.165, 1.54) is 31.4 Å². The van der Waals surface area contributed by atoms with Crippen LogP contribution in [-0.4, -0.2) is 23.5 Å². The van der Waals surface area contributed by atoms with Gasteiger partial charge in [0, 0.05) is 25.0 Å². The normalized spacial score (nSPS) is 21.7. The van der Waals surface area contributed by atoms with E-state index in [0.717, 1.165) is 5.92 Å². The van der Waals surface area contributed by atoms with Crippen LogP contribution in [0, 0.1) is 5.92 Å². The third-order valence-corrected chi connectivity index (χ3v) is 3.77. The highest BCUT2D eigenvalue weighted by molar-refractivity contribution is 5.14. The van der Waals surface area contributed by atoms with Crippen LogP contribution < -0.4 is 0 Å². The molecule has 0 saturated heterocycles. The first-order valence-corrected chi connectivity index (χ1v) is 6.52. The quantitative estimate of drug-likeness (QED) is 0.737. The Balaban J connectivity index is 1.91. The van der Waals surface area contributed by atoms with Crippen molar-refractivity contribution in [1.29, 1.82) is 0 Å². The van der Waals surface area contributed by atoms with Crippen LogP contribution in [0.3, 0.4) is 0 Å². The third kappa shape index (κ3) is 3.40. The zero-order chi connectivity index (χ0) is 12.1. The van der Waals surface area contributed by atoms with Crippen LogP contribution in [0.1, 0.15) is 37.8 Å². The molecule has 0 bridgehead atoms. The van der Waals surface area contributed by atoms with Crippen LogP contribution in [-0.2, 0) is 0 Å². The van der Waals surface area contributed by atoms with Crippen molar-refractivity contribution in [3.05, 3.63) is 42.2 Å². The Morgan fingerprint density at radius 1 is 1.35 bits per heavy atom. The van der Waals surface area contributed by atoms with Gasteiger partial charge < -0.3 is 0 Å². The van der Waals surface area contributed by atoms with E-state index < -0.39 is 0 Å². The fourth-order valence-corrected chi connectivity index (χ4v) is 2.48. The van der Waals surface area contributed by atoms with Crippen molar-refractivity contribution in [3.63, 3.8) is 0 Å². The van der Waals surface area contributed by atoms with Gasteiger partial charge in [0.15, 0.2) is 0 Å². The lowest BCUT2D eigenvalue weighted by Crippen LogP contribution is -2.29. The van der Waals surface area contributed by atoms with Crippen LogP contribution in [0.2, 0.25) is 0 Å². The van der Waals surface area contributed by atoms with Gasteiger partial charge in [-0.3, -0.25) is 9.88 Å². The van der Waals surface area contributed by atoms with E-state index in [9.17, 15) is 0 Å². The number of hydrogen-bond donors (Lipinski definition) is 0. The minimum absolute atomic E-state index is 0.476. The Bertz CT molecular complexity index is 358. The van der Waals surface area contributed by atoms with Crippen molar-refractivity contribution in [2.45, 2.75) is 32.2 Å². The van der Waals surface area contributed by atoms with Crippen LogP contribution >= 0.6 is 0 Å². The molecule has 17 heavy (non-hydrogen) atoms. The first-order valence-electron chi connectivity index (χ1n) is 6.52. The highest BCUT2D eigenvalue weighted by atomic mass is 15.1. The van der Waals surface area contributed by atoms with Crippen molar-refractivity contribution in [1.82, 2.24) is 9.88 Å². The zero-order valence-corrected chi connectivity index (χ0v) is 10.8. The maximum absolute atomic E-state index is 4.08. The monoisotopic (exact) mass is 230 g/mol. The molecule has 2 atom stereocenters. The van der Waals surface area contributed by atoms with Gasteiger partial charge in [-0.1, -0.05) is 12.2 Å². The molecule has 0 aromatic carbocycles. The Hall–Kier alpha value is -1.15. The molecular formula is C15H22N2. The zero-order valence-electron chi connectivity index (χ0n) is 10.8. The van der Waals surface area contributed by atoms with E-state index in [2.05, 4.69) is 48.1 Å². The lowest BCUT2D eigenvalue weighted by molar-refractivity contribution is 0.212. The number of pyridine rings is 1. The summed E-state index contributed by atoms with van der Waals surface area (Å²) in [5.74, 6) is 0.828. The highest BCUT2D eigenvalue weighted by Crippen LogP contribution is 2.23. The summed E-state index contributed by atoms with van der Waals surface area (Å²) < 4.78 is 0. The summed E-state index contributed by atoms with van der Waals surface area (Å²) in [6.45, 7) is 3.46. The second-order valence-corrected chi connectivity index (χ2v) is 5.05. The summed E-state index contributed by atoms with van der Waals surface area (Å²) in [5, 5.41) is 0. The van der Waals surface area contributed by atoms with Crippen molar-refractivity contribution < 1.29 is 0 Å². The third-order valence-electron chi connectivity index (χ3n) is 3.77. The fourth-order valence-electron chi connectivity index (χ4n) is 2.48. The molecule has 0 N–H and O–H groups in total. The molecule has 2 heteroatoms. The average Bonchev–Trinajstić information content (AvgIpc) is 2.40. The van der Waals surface area contributed by atoms with Crippen LogP contribution in [0.4, 0.5) is 0 Å². The smallest absolute Gasteiger partial charge is 0.0318 e. The first-order chi connectivity index (χ1) is 8.27. The molecule has 92 valence electrons. The summed E-state index contributed by atoms with van der Waals surface area (Å²) in [6, 6.07) is 4.70. The second kappa shape index (κ2) is 5.97. The van der Waals surface area contributed by atoms with Gasteiger partial charge in [0.1, 0.15) is 0 Å². The van der Waals surface area contributed by atoms with Gasteiger partial charge in [0.05, 0.1) is 0 Å². The lowest BCUT2D eigenvalue weighted by Gasteiger charge is -2.29. The molecule has 0 spiro atoms. The van der Waals surface area contributed by atoms with E-state index in [1.807, 2.05) is 12.4 Å². The van der Waals surface area contributed by atoms with Gasteiger partial charge in [-0.15, -0.1) is 0 Å². The molecule has 1 aromatic rings. The summed E-state index contributed by atoms with van der Waals surface area (Å²) in [5.41, 5.74) is 1.36. The number of nitrogens with zero attached hydrogens (tertiary/aromatic N) is 2. The summed E-state index contributed by atoms with van der Waals surface area (Å²) >= 11 is 0. The van der Waals surface area contributed by atoms with E-state index in [4.69, 9.17) is 0 Å². The van der Waals surface area contributed by atoms with Crippen LogP contribution in [0.5, 0.6) is 0 Å². The molecule has 0 amide bonds. The van der Waals surface area contributed by atoms with Crippen LogP contribution in [0.25, 0.3) is 0 Å². The second-order valence-electron chi connectivity index (χ2n) is 5.05. The fraction of sp³-hybridized carbons (Fsp3) is 0.533. The molecule has 0 fully saturated rings. The predicted molar refractivity (Wildman–Crippen MR) is 71.8 cm³/mol. The number of allylic oxidation sites excluding steroid dienone is 2. The molecule has 1 heterocycles. The van der Waals surface area contributed by atoms with Gasteiger partial charge >= 0.3 is 0 Å². The van der Waals surface area contributed by atoms with E-state index >= 15 is 0 Å². The number of rotatable bonds is 4. The standard InChI is InChI=1S/C15H22N2/c1-13(15-8-10-16-11-9-15)17(2)12-14-6-4-3-5-7-14/h3-4,8-11,13-14H,5-7,12H2,1-2H3/t13-,14-/m1/s1. The summed E-state index contributed by atoms with van der Waals surface area (Å²) in [4.78, 5) is 6.53. The predicted octanol–water partition coefficient (Wildman–Crippen LogP) is 3.43. The van der Waals surface area contributed by atoms with Crippen molar-refractivity contribution >= 4 is 0 Å². The Morgan fingerprint density at radius 2 is 2.12 bits per heavy atom. The largest absolute Gasteiger partial charge is 0.299 e. The summed E-state index contributed by atoms with van der Waals surface area (Å²) in [7, 11) is 2.23. The number of hydrogen-bond acceptors (Lipinski definition) is 2. The SMILES string of the molecule is C[C@H](c1ccncc1)N(C)C[C@@H]1CC=CCC1. The molecule has 1 aliphatic carbocycles. The van der Waals surface area contributed by atoms with Gasteiger partial charge in [-0.2, -0.15) is 0 Å². The molecule has 1 aromatic heterocycles. The number of aromatic nitrogens is 1. The molecule has 0 aliphatic heterocycles. The van der Waals surface area contributed by atoms with E-state index in [0.29, 0.717) is 6.04 Å². The van der Waals surface area contributed by atoms with Crippen LogP contribution in [0.15, 0.2) is 36.7 Å². The van der Waals surface area contributed by atoms with E-state index in [-0.39, 0.29) is 0 Å². The molecule has 2 rings (SSSR count). The van der Waals surface area contributed by atoms with Crippen molar-refractivity contribution in [2.75, 3.05) is 13.6 Å². The van der Waals surface area contributed by atoms with Gasteiger partial charge in [-0.05, 0) is 56.8 Å². The maximum Gasteiger partial charge on any atom is 0.0318 e. The molecule has 0 radical (unpaired) electrons. The first kappa shape index (κ1) is 12.3. The Kier molecular flexibility index (Phi) is 4.32. The van der Waals surface area contributed by atoms with Gasteiger partial charge in [0.2, 0.25) is 0 Å². The maximum atomic E-state index is 4.08. The highest BCUT2D eigenvalue weighted by Gasteiger charge is 2.17. The van der Waals surface area contributed by atoms with Gasteiger partial charge in [-0.25, -0.2) is 0 Å². The topological polar surface area (TPSA) is 16.1 Å². The molecule has 1 aliphatic rings. The molecule has 2 nitrogen and oxygen atoms in total. The molecule has 0 unspecified atom stereocenters. The minimum Gasteiger partial charge on any atom is -0.299 e. The Morgan fingerprint density at radius 3 is 2.76 bits per heavy atom. The van der Waals surface area contributed by atoms with Crippen molar-refractivity contribution in [3.8, 4) is 0 Å². The van der Waals surface area contributed by atoms with E-state index in [1.54, 1.807) is 0 Å². The Labute approximate surface area is 104 Å². The average molecular weight is 230 g/mol. The van der Waals surface area contributed by atoms with Crippen molar-refractivity contribution in [2.24, 2.45) is 5.92 Å². The minimum atomic E-state index is 0.476. The lowest BCUT2D eigenvalue weighted by atomic mass is 9.93.